The normalized spacial score (nSPS) is 14.2. The van der Waals surface area contributed by atoms with Crippen LogP contribution in [0.2, 0.25) is 0 Å². The summed E-state index contributed by atoms with van der Waals surface area (Å²) in [4.78, 5) is 4.47. The average molecular weight is 1570 g/mol. The van der Waals surface area contributed by atoms with E-state index in [2.05, 4.69) is 295 Å². The Hall–Kier alpha value is -13.2. The first-order chi connectivity index (χ1) is 58.6. The van der Waals surface area contributed by atoms with E-state index in [0.717, 1.165) is 177 Å². The first kappa shape index (κ1) is 79.3. The second-order valence-electron chi connectivity index (χ2n) is 32.9. The fourth-order valence-corrected chi connectivity index (χ4v) is 18.8. The summed E-state index contributed by atoms with van der Waals surface area (Å²) < 4.78 is 46.0. The van der Waals surface area contributed by atoms with Crippen molar-refractivity contribution in [1.82, 2.24) is 0 Å². The number of rotatable bonds is 28. The van der Waals surface area contributed by atoms with Gasteiger partial charge in [0, 0.05) is 34.1 Å². The van der Waals surface area contributed by atoms with Crippen LogP contribution in [0.4, 0.5) is 42.9 Å². The summed E-state index contributed by atoms with van der Waals surface area (Å²) in [5.41, 5.74) is 32.8. The standard InChI is InChI=1S/C114H102F2N2O2/c1-11-15-17-19-25-85-69-104(84-43-53-90(54-44-84)118(94-50-36-80(10)112(116)74-94)92-56-66-102-100-28-22-24-30-106(100)114(110(102)72-92,108-68-76(6)32-34-78(108)8)88-47-63-98(64-48-88)120-96-59-39-82(14-4)40-60-96)86(26-20-18-16-12-2)70-103(85)83-41-51-89(52-42-83)117(93-49-35-79(9)111(115)73-93)91-55-65-101-99-27-21-23-29-105(99)113(109(101)71-91,107-67-75(5)31-33-77(107)7)87-45-61-97(62-46-87)119-95-57-37-81(13-3)38-58-95/h13-14,21-24,27-74H,3-4,11-12,15-20,25-26H2,1-2,5-10H3. The van der Waals surface area contributed by atoms with Gasteiger partial charge in [-0.2, -0.15) is 0 Å². The Bertz CT molecular complexity index is 5930. The van der Waals surface area contributed by atoms with E-state index >= 15 is 8.78 Å². The number of hydrogen-bond acceptors (Lipinski definition) is 4. The third kappa shape index (κ3) is 15.0. The van der Waals surface area contributed by atoms with Crippen LogP contribution in [0.5, 0.6) is 23.0 Å². The van der Waals surface area contributed by atoms with Crippen molar-refractivity contribution < 1.29 is 18.3 Å². The van der Waals surface area contributed by atoms with Crippen LogP contribution in [0.25, 0.3) is 56.7 Å². The van der Waals surface area contributed by atoms with E-state index in [9.17, 15) is 0 Å². The molecule has 0 amide bonds. The van der Waals surface area contributed by atoms with Crippen molar-refractivity contribution in [3.05, 3.63) is 440 Å². The molecule has 0 aliphatic heterocycles. The molecular formula is C114H102F2N2O2. The van der Waals surface area contributed by atoms with Crippen molar-refractivity contribution in [2.45, 2.75) is 130 Å². The lowest BCUT2D eigenvalue weighted by Crippen LogP contribution is -2.30. The Balaban J connectivity index is 0.766. The molecule has 4 nitrogen and oxygen atoms in total. The molecule has 2 aliphatic carbocycles. The van der Waals surface area contributed by atoms with Crippen LogP contribution in [0.1, 0.15) is 165 Å². The lowest BCUT2D eigenvalue weighted by molar-refractivity contribution is 0.482. The second-order valence-corrected chi connectivity index (χ2v) is 32.9. The molecule has 0 N–H and O–H groups in total. The lowest BCUT2D eigenvalue weighted by Gasteiger charge is -2.36. The smallest absolute Gasteiger partial charge is 0.128 e. The molecule has 0 radical (unpaired) electrons. The number of halogens is 2. The Morgan fingerprint density at radius 3 is 0.992 bits per heavy atom. The maximum Gasteiger partial charge on any atom is 0.128 e. The van der Waals surface area contributed by atoms with Gasteiger partial charge in [0.1, 0.15) is 34.6 Å². The Labute approximate surface area is 708 Å². The van der Waals surface area contributed by atoms with Crippen LogP contribution in [-0.2, 0) is 23.7 Å². The zero-order valence-corrected chi connectivity index (χ0v) is 70.1. The van der Waals surface area contributed by atoms with E-state index in [1.165, 1.54) is 77.9 Å². The van der Waals surface area contributed by atoms with Gasteiger partial charge in [-0.3, -0.25) is 0 Å². The van der Waals surface area contributed by atoms with Gasteiger partial charge >= 0.3 is 0 Å². The summed E-state index contributed by atoms with van der Waals surface area (Å²) in [5.74, 6) is 2.45. The number of anilines is 6. The highest BCUT2D eigenvalue weighted by molar-refractivity contribution is 5.93. The fourth-order valence-electron chi connectivity index (χ4n) is 18.8. The molecule has 2 unspecified atom stereocenters. The maximum atomic E-state index is 16.5. The number of benzene rings is 15. The van der Waals surface area contributed by atoms with Crippen LogP contribution in [0.15, 0.2) is 329 Å². The number of unbranched alkanes of at least 4 members (excludes halogenated alkanes) is 6. The molecule has 120 heavy (non-hydrogen) atoms. The van der Waals surface area contributed by atoms with Gasteiger partial charge in [0.2, 0.25) is 0 Å². The number of ether oxygens (including phenoxy) is 2. The van der Waals surface area contributed by atoms with Crippen molar-refractivity contribution in [1.29, 1.82) is 0 Å². The first-order valence-corrected chi connectivity index (χ1v) is 42.7. The third-order valence-corrected chi connectivity index (χ3v) is 25.1. The summed E-state index contributed by atoms with van der Waals surface area (Å²) in [5, 5.41) is 0. The number of fused-ring (bicyclic) bond motifs is 6. The van der Waals surface area contributed by atoms with Crippen LogP contribution in [0, 0.1) is 53.2 Å². The predicted molar refractivity (Wildman–Crippen MR) is 499 cm³/mol. The van der Waals surface area contributed by atoms with Crippen LogP contribution >= 0.6 is 0 Å². The van der Waals surface area contributed by atoms with Gasteiger partial charge in [-0.05, 0) is 322 Å². The summed E-state index contributed by atoms with van der Waals surface area (Å²) in [6.45, 7) is 24.9. The number of hydrogen-bond donors (Lipinski definition) is 0. The van der Waals surface area contributed by atoms with Gasteiger partial charge in [0.05, 0.1) is 10.8 Å². The quantitative estimate of drug-likeness (QED) is 0.0456. The van der Waals surface area contributed by atoms with Crippen molar-refractivity contribution in [2.75, 3.05) is 9.80 Å². The largest absolute Gasteiger partial charge is 0.457 e. The molecule has 17 rings (SSSR count). The Morgan fingerprint density at radius 1 is 0.292 bits per heavy atom. The molecule has 0 saturated carbocycles. The SMILES string of the molecule is C=Cc1ccc(Oc2ccc(C3(c4cc(C)ccc4C)c4ccccc4-c4ccc(N(c5ccc(-c6cc(CCCCCC)c(-c7ccc(N(c8ccc(C)c(F)c8)c8ccc9c(c8)C(c8ccc(Oc%10ccc(C=C)cc%10)cc8)(c8cc(C)ccc8C)c8ccccc8-9)cc7)cc6CCCCCC)cc5)c5ccc(C)c(F)c5)cc43)cc2)cc1. The monoisotopic (exact) mass is 1570 g/mol. The van der Waals surface area contributed by atoms with E-state index < -0.39 is 10.8 Å². The van der Waals surface area contributed by atoms with E-state index in [4.69, 9.17) is 9.47 Å². The molecule has 0 bridgehead atoms. The molecule has 0 spiro atoms. The van der Waals surface area contributed by atoms with E-state index in [1.54, 1.807) is 12.1 Å². The van der Waals surface area contributed by atoms with Gasteiger partial charge < -0.3 is 19.3 Å². The fraction of sp³-hybridized carbons (Fsp3) is 0.175. The van der Waals surface area contributed by atoms with Crippen LogP contribution in [-0.4, -0.2) is 0 Å². The van der Waals surface area contributed by atoms with Gasteiger partial charge in [-0.15, -0.1) is 0 Å². The average Bonchev–Trinajstić information content (AvgIpc) is 1.53. The van der Waals surface area contributed by atoms with Gasteiger partial charge in [-0.1, -0.05) is 283 Å². The third-order valence-electron chi connectivity index (χ3n) is 25.1. The lowest BCUT2D eigenvalue weighted by atomic mass is 9.66. The van der Waals surface area contributed by atoms with Crippen molar-refractivity contribution >= 4 is 46.3 Å². The van der Waals surface area contributed by atoms with Crippen LogP contribution < -0.4 is 19.3 Å². The van der Waals surface area contributed by atoms with Crippen LogP contribution in [0.3, 0.4) is 0 Å². The van der Waals surface area contributed by atoms with Gasteiger partial charge in [-0.25, -0.2) is 8.78 Å². The van der Waals surface area contributed by atoms with Crippen molar-refractivity contribution in [3.8, 4) is 67.5 Å². The molecule has 0 heterocycles. The summed E-state index contributed by atoms with van der Waals surface area (Å²) in [6, 6.07) is 113. The summed E-state index contributed by atoms with van der Waals surface area (Å²) >= 11 is 0. The number of aryl methyl sites for hydroxylation is 8. The minimum atomic E-state index is -0.755. The Kier molecular flexibility index (Phi) is 22.5. The molecule has 0 saturated heterocycles. The molecule has 6 heteroatoms. The molecule has 0 aromatic heterocycles. The van der Waals surface area contributed by atoms with E-state index in [1.807, 2.05) is 98.8 Å². The zero-order valence-electron chi connectivity index (χ0n) is 70.1. The molecule has 2 atom stereocenters. The minimum Gasteiger partial charge on any atom is -0.457 e. The second kappa shape index (κ2) is 34.0. The molecular weight excluding hydrogens is 1470 g/mol. The minimum absolute atomic E-state index is 0.265. The molecule has 2 aliphatic rings. The topological polar surface area (TPSA) is 24.9 Å². The molecule has 594 valence electrons. The Morgan fingerprint density at radius 2 is 0.625 bits per heavy atom. The highest BCUT2D eigenvalue weighted by atomic mass is 19.1. The summed E-state index contributed by atoms with van der Waals surface area (Å²) in [6.07, 6.45) is 14.5. The molecule has 15 aromatic carbocycles. The van der Waals surface area contributed by atoms with E-state index in [0.29, 0.717) is 11.1 Å². The first-order valence-electron chi connectivity index (χ1n) is 42.7. The highest BCUT2D eigenvalue weighted by Crippen LogP contribution is 2.61. The molecule has 0 fully saturated rings. The summed E-state index contributed by atoms with van der Waals surface area (Å²) in [7, 11) is 0. The maximum absolute atomic E-state index is 16.5. The van der Waals surface area contributed by atoms with E-state index in [-0.39, 0.29) is 11.6 Å². The van der Waals surface area contributed by atoms with Gasteiger partial charge in [0.15, 0.2) is 0 Å². The van der Waals surface area contributed by atoms with Crippen molar-refractivity contribution in [3.63, 3.8) is 0 Å². The highest BCUT2D eigenvalue weighted by Gasteiger charge is 2.49. The van der Waals surface area contributed by atoms with Crippen molar-refractivity contribution in [2.24, 2.45) is 0 Å². The van der Waals surface area contributed by atoms with Gasteiger partial charge in [0.25, 0.3) is 0 Å². The number of nitrogens with zero attached hydrogens (tertiary/aromatic N) is 2. The zero-order chi connectivity index (χ0) is 82.8. The molecule has 15 aromatic rings. The predicted octanol–water partition coefficient (Wildman–Crippen LogP) is 31.9.